The third-order valence-corrected chi connectivity index (χ3v) is 5.66. The van der Waals surface area contributed by atoms with Gasteiger partial charge in [0.25, 0.3) is 5.69 Å². The van der Waals surface area contributed by atoms with Crippen LogP contribution < -0.4 is 0 Å². The highest BCUT2D eigenvalue weighted by Gasteiger charge is 2.39. The van der Waals surface area contributed by atoms with Gasteiger partial charge in [-0.15, -0.1) is 0 Å². The van der Waals surface area contributed by atoms with E-state index in [1.165, 1.54) is 24.3 Å². The number of carbonyl (C=O) groups is 3. The van der Waals surface area contributed by atoms with Gasteiger partial charge in [0, 0.05) is 16.7 Å². The minimum Gasteiger partial charge on any atom is -0.457 e. The van der Waals surface area contributed by atoms with Gasteiger partial charge in [-0.3, -0.25) is 19.7 Å². The molecule has 0 radical (unpaired) electrons. The van der Waals surface area contributed by atoms with Crippen molar-refractivity contribution < 1.29 is 24.0 Å². The molecule has 0 heterocycles. The maximum atomic E-state index is 13.0. The van der Waals surface area contributed by atoms with Gasteiger partial charge in [0.2, 0.25) is 5.78 Å². The molecule has 1 aliphatic carbocycles. The lowest BCUT2D eigenvalue weighted by Crippen LogP contribution is -2.23. The van der Waals surface area contributed by atoms with Crippen molar-refractivity contribution in [1.29, 1.82) is 0 Å². The standard InChI is InChI=1S/C26H21NO6/c1-26(2,3)16-10-8-15(9-11-16)14-33-25(30)20-13-12-19-21(22(20)27(31)32)24(29)18-7-5-4-6-17(18)23(19)28/h4-13H,14H2,1-3H3. The molecule has 3 aromatic rings. The maximum Gasteiger partial charge on any atom is 0.345 e. The Kier molecular flexibility index (Phi) is 5.41. The number of carbonyl (C=O) groups excluding carboxylic acids is 3. The van der Waals surface area contributed by atoms with Crippen molar-refractivity contribution >= 4 is 23.2 Å². The zero-order valence-corrected chi connectivity index (χ0v) is 18.4. The van der Waals surface area contributed by atoms with Crippen LogP contribution in [0.25, 0.3) is 0 Å². The second-order valence-electron chi connectivity index (χ2n) is 8.87. The molecule has 33 heavy (non-hydrogen) atoms. The van der Waals surface area contributed by atoms with Crippen molar-refractivity contribution in [3.63, 3.8) is 0 Å². The van der Waals surface area contributed by atoms with Gasteiger partial charge in [-0.25, -0.2) is 4.79 Å². The first-order valence-corrected chi connectivity index (χ1v) is 10.4. The SMILES string of the molecule is CC(C)(C)c1ccc(COC(=O)c2ccc3c(c2[N+](=O)[O-])C(=O)c2ccccc2C3=O)cc1. The minimum absolute atomic E-state index is 0.0263. The Morgan fingerprint density at radius 3 is 2.06 bits per heavy atom. The largest absolute Gasteiger partial charge is 0.457 e. The average molecular weight is 443 g/mol. The summed E-state index contributed by atoms with van der Waals surface area (Å²) >= 11 is 0. The van der Waals surface area contributed by atoms with E-state index in [9.17, 15) is 24.5 Å². The zero-order valence-electron chi connectivity index (χ0n) is 18.4. The van der Waals surface area contributed by atoms with Crippen molar-refractivity contribution in [3.8, 4) is 0 Å². The molecule has 0 aromatic heterocycles. The van der Waals surface area contributed by atoms with Gasteiger partial charge >= 0.3 is 5.97 Å². The van der Waals surface area contributed by atoms with Crippen molar-refractivity contribution in [2.75, 3.05) is 0 Å². The average Bonchev–Trinajstić information content (AvgIpc) is 2.79. The summed E-state index contributed by atoms with van der Waals surface area (Å²) in [5.41, 5.74) is 0.498. The van der Waals surface area contributed by atoms with Crippen LogP contribution in [-0.2, 0) is 16.8 Å². The molecule has 166 valence electrons. The Morgan fingerprint density at radius 2 is 1.48 bits per heavy atom. The number of rotatable bonds is 4. The second kappa shape index (κ2) is 8.09. The quantitative estimate of drug-likeness (QED) is 0.249. The summed E-state index contributed by atoms with van der Waals surface area (Å²) in [4.78, 5) is 49.7. The molecular weight excluding hydrogens is 422 g/mol. The second-order valence-corrected chi connectivity index (χ2v) is 8.87. The Hall–Kier alpha value is -4.13. The van der Waals surface area contributed by atoms with E-state index in [0.29, 0.717) is 0 Å². The molecule has 0 fully saturated rings. The number of ether oxygens (including phenoxy) is 1. The number of nitro groups is 1. The molecule has 7 heteroatoms. The first-order valence-electron chi connectivity index (χ1n) is 10.4. The van der Waals surface area contributed by atoms with Gasteiger partial charge in [-0.1, -0.05) is 69.3 Å². The van der Waals surface area contributed by atoms with Crippen LogP contribution in [0.5, 0.6) is 0 Å². The maximum absolute atomic E-state index is 13.0. The van der Waals surface area contributed by atoms with Gasteiger partial charge in [0.1, 0.15) is 17.7 Å². The molecule has 7 nitrogen and oxygen atoms in total. The fourth-order valence-corrected chi connectivity index (χ4v) is 3.85. The number of hydrogen-bond donors (Lipinski definition) is 0. The molecule has 0 bridgehead atoms. The summed E-state index contributed by atoms with van der Waals surface area (Å²) in [6.07, 6.45) is 0. The highest BCUT2D eigenvalue weighted by atomic mass is 16.6. The van der Waals surface area contributed by atoms with Gasteiger partial charge in [-0.2, -0.15) is 0 Å². The van der Waals surface area contributed by atoms with Crippen LogP contribution in [0.4, 0.5) is 5.69 Å². The number of nitro benzene ring substituents is 1. The highest BCUT2D eigenvalue weighted by Crippen LogP contribution is 2.36. The molecule has 0 saturated heterocycles. The van der Waals surface area contributed by atoms with Crippen LogP contribution in [0.1, 0.15) is 74.1 Å². The number of ketones is 2. The Balaban J connectivity index is 1.66. The van der Waals surface area contributed by atoms with Crippen LogP contribution in [0.3, 0.4) is 0 Å². The Bertz CT molecular complexity index is 1320. The molecule has 0 spiro atoms. The van der Waals surface area contributed by atoms with Crippen LogP contribution >= 0.6 is 0 Å². The molecule has 3 aromatic carbocycles. The van der Waals surface area contributed by atoms with E-state index < -0.39 is 28.1 Å². The summed E-state index contributed by atoms with van der Waals surface area (Å²) in [5.74, 6) is -2.11. The number of esters is 1. The first-order chi connectivity index (χ1) is 15.6. The Labute approximate surface area is 190 Å². The van der Waals surface area contributed by atoms with Crippen LogP contribution in [-0.4, -0.2) is 22.5 Å². The van der Waals surface area contributed by atoms with E-state index in [-0.39, 0.29) is 39.8 Å². The molecule has 0 amide bonds. The van der Waals surface area contributed by atoms with Crippen LogP contribution in [0.15, 0.2) is 60.7 Å². The molecule has 4 rings (SSSR count). The number of fused-ring (bicyclic) bond motifs is 2. The molecule has 1 aliphatic rings. The number of benzene rings is 3. The van der Waals surface area contributed by atoms with Gasteiger partial charge in [0.15, 0.2) is 5.78 Å². The molecule has 0 N–H and O–H groups in total. The summed E-state index contributed by atoms with van der Waals surface area (Å²) in [5, 5.41) is 11.9. The molecule has 0 atom stereocenters. The third kappa shape index (κ3) is 3.93. The van der Waals surface area contributed by atoms with Crippen molar-refractivity contribution in [1.82, 2.24) is 0 Å². The molecule has 0 saturated carbocycles. The van der Waals surface area contributed by atoms with E-state index >= 15 is 0 Å². The lowest BCUT2D eigenvalue weighted by atomic mass is 9.82. The first kappa shape index (κ1) is 22.1. The lowest BCUT2D eigenvalue weighted by Gasteiger charge is -2.19. The molecular formula is C26H21NO6. The Morgan fingerprint density at radius 1 is 0.879 bits per heavy atom. The summed E-state index contributed by atoms with van der Waals surface area (Å²) in [6, 6.07) is 16.1. The predicted octanol–water partition coefficient (Wildman–Crippen LogP) is 5.02. The van der Waals surface area contributed by atoms with E-state index in [1.807, 2.05) is 24.3 Å². The van der Waals surface area contributed by atoms with Crippen LogP contribution in [0.2, 0.25) is 0 Å². The summed E-state index contributed by atoms with van der Waals surface area (Å²) in [7, 11) is 0. The topological polar surface area (TPSA) is 104 Å². The molecule has 0 unspecified atom stereocenters. The van der Waals surface area contributed by atoms with Gasteiger partial charge in [0.05, 0.1) is 4.92 Å². The minimum atomic E-state index is -0.941. The van der Waals surface area contributed by atoms with Gasteiger partial charge in [-0.05, 0) is 28.7 Å². The van der Waals surface area contributed by atoms with Crippen molar-refractivity contribution in [3.05, 3.63) is 110 Å². The lowest BCUT2D eigenvalue weighted by molar-refractivity contribution is -0.385. The number of nitrogens with zero attached hydrogens (tertiary/aromatic N) is 1. The van der Waals surface area contributed by atoms with Crippen molar-refractivity contribution in [2.24, 2.45) is 0 Å². The predicted molar refractivity (Wildman–Crippen MR) is 121 cm³/mol. The smallest absolute Gasteiger partial charge is 0.345 e. The zero-order chi connectivity index (χ0) is 23.9. The monoisotopic (exact) mass is 443 g/mol. The fraction of sp³-hybridized carbons (Fsp3) is 0.192. The highest BCUT2D eigenvalue weighted by molar-refractivity contribution is 6.30. The van der Waals surface area contributed by atoms with Crippen LogP contribution in [0, 0.1) is 10.1 Å². The van der Waals surface area contributed by atoms with E-state index in [2.05, 4.69) is 20.8 Å². The summed E-state index contributed by atoms with van der Waals surface area (Å²) in [6.45, 7) is 6.16. The summed E-state index contributed by atoms with van der Waals surface area (Å²) < 4.78 is 5.31. The van der Waals surface area contributed by atoms with Crippen molar-refractivity contribution in [2.45, 2.75) is 32.8 Å². The number of hydrogen-bond acceptors (Lipinski definition) is 6. The third-order valence-electron chi connectivity index (χ3n) is 5.66. The van der Waals surface area contributed by atoms with E-state index in [0.717, 1.165) is 11.1 Å². The van der Waals surface area contributed by atoms with E-state index in [1.54, 1.807) is 12.1 Å². The fourth-order valence-electron chi connectivity index (χ4n) is 3.85. The molecule has 0 aliphatic heterocycles. The van der Waals surface area contributed by atoms with E-state index in [4.69, 9.17) is 4.74 Å². The van der Waals surface area contributed by atoms with Gasteiger partial charge < -0.3 is 4.74 Å². The normalized spacial score (nSPS) is 12.7.